The molecule has 0 saturated heterocycles. The van der Waals surface area contributed by atoms with E-state index in [1.807, 2.05) is 31.2 Å². The highest BCUT2D eigenvalue weighted by molar-refractivity contribution is 7.10. The minimum atomic E-state index is -0.617. The first kappa shape index (κ1) is 18.8. The standard InChI is InChI=1S/C21H16FN3O3S/c1-12-14(13-6-2-4-8-16(13)23-12)10-18-20(27)25(21(28)29-18)11-19(26)24-17-9-5-3-7-15(17)22/h2-10,27H,11H2,1H3,(H,24,26). The second-order valence-corrected chi connectivity index (χ2v) is 7.44. The number of amides is 1. The third-order valence-corrected chi connectivity index (χ3v) is 5.41. The molecule has 2 N–H and O–H groups in total. The zero-order valence-corrected chi connectivity index (χ0v) is 16.2. The van der Waals surface area contributed by atoms with Gasteiger partial charge in [0.2, 0.25) is 11.8 Å². The third-order valence-electron chi connectivity index (χ3n) is 4.49. The number of para-hydroxylation sites is 2. The number of carbonyl (C=O) groups is 1. The summed E-state index contributed by atoms with van der Waals surface area (Å²) in [6, 6.07) is 13.3. The molecule has 0 unspecified atom stereocenters. The number of thiazole rings is 1. The lowest BCUT2D eigenvalue weighted by Gasteiger charge is -2.07. The van der Waals surface area contributed by atoms with E-state index in [4.69, 9.17) is 0 Å². The van der Waals surface area contributed by atoms with Gasteiger partial charge >= 0.3 is 4.87 Å². The summed E-state index contributed by atoms with van der Waals surface area (Å²) in [5, 5.41) is 12.9. The predicted molar refractivity (Wildman–Crippen MR) is 112 cm³/mol. The normalized spacial score (nSPS) is 14.0. The van der Waals surface area contributed by atoms with Crippen molar-refractivity contribution in [1.82, 2.24) is 4.57 Å². The first-order chi connectivity index (χ1) is 13.9. The van der Waals surface area contributed by atoms with Crippen LogP contribution in [0.2, 0.25) is 0 Å². The number of benzene rings is 2. The first-order valence-corrected chi connectivity index (χ1v) is 9.59. The van der Waals surface area contributed by atoms with E-state index < -0.39 is 23.1 Å². The number of hydrogen-bond donors (Lipinski definition) is 2. The van der Waals surface area contributed by atoms with Crippen molar-refractivity contribution in [1.29, 1.82) is 0 Å². The van der Waals surface area contributed by atoms with Crippen LogP contribution < -0.4 is 10.2 Å². The van der Waals surface area contributed by atoms with E-state index in [1.165, 1.54) is 18.2 Å². The summed E-state index contributed by atoms with van der Waals surface area (Å²) in [5.74, 6) is -1.51. The highest BCUT2D eigenvalue weighted by Gasteiger charge is 2.21. The monoisotopic (exact) mass is 409 g/mol. The molecule has 146 valence electrons. The number of nitrogens with zero attached hydrogens (tertiary/aromatic N) is 2. The molecule has 4 rings (SSSR count). The molecular weight excluding hydrogens is 393 g/mol. The van der Waals surface area contributed by atoms with E-state index in [-0.39, 0.29) is 11.6 Å². The van der Waals surface area contributed by atoms with Crippen molar-refractivity contribution in [3.8, 4) is 5.88 Å². The van der Waals surface area contributed by atoms with Gasteiger partial charge in [-0.25, -0.2) is 4.39 Å². The number of aromatic nitrogens is 1. The quantitative estimate of drug-likeness (QED) is 0.682. The highest BCUT2D eigenvalue weighted by Crippen LogP contribution is 2.37. The van der Waals surface area contributed by atoms with Gasteiger partial charge in [-0.05, 0) is 31.2 Å². The summed E-state index contributed by atoms with van der Waals surface area (Å²) in [6.45, 7) is 1.42. The zero-order valence-electron chi connectivity index (χ0n) is 15.3. The fourth-order valence-electron chi connectivity index (χ4n) is 3.09. The lowest BCUT2D eigenvalue weighted by Crippen LogP contribution is -2.24. The van der Waals surface area contributed by atoms with Crippen molar-refractivity contribution in [3.05, 3.63) is 74.5 Å². The van der Waals surface area contributed by atoms with Crippen molar-refractivity contribution in [3.63, 3.8) is 0 Å². The second kappa shape index (κ2) is 7.48. The van der Waals surface area contributed by atoms with Crippen molar-refractivity contribution >= 4 is 46.0 Å². The number of rotatable bonds is 4. The molecule has 3 aromatic rings. The summed E-state index contributed by atoms with van der Waals surface area (Å²) in [4.78, 5) is 28.9. The molecule has 1 aromatic heterocycles. The molecule has 8 heteroatoms. The Morgan fingerprint density at radius 1 is 1.24 bits per heavy atom. The van der Waals surface area contributed by atoms with E-state index in [1.54, 1.807) is 12.1 Å². The summed E-state index contributed by atoms with van der Waals surface area (Å²) in [7, 11) is 0. The Balaban J connectivity index is 1.61. The minimum Gasteiger partial charge on any atom is -0.493 e. The maximum Gasteiger partial charge on any atom is 0.311 e. The van der Waals surface area contributed by atoms with Crippen molar-refractivity contribution in [2.45, 2.75) is 13.5 Å². The number of aromatic hydroxyl groups is 1. The molecule has 6 nitrogen and oxygen atoms in total. The van der Waals surface area contributed by atoms with Crippen LogP contribution in [0.15, 0.2) is 58.3 Å². The Labute approximate surface area is 169 Å². The Bertz CT molecular complexity index is 1240. The van der Waals surface area contributed by atoms with Gasteiger partial charge < -0.3 is 10.4 Å². The van der Waals surface area contributed by atoms with E-state index in [9.17, 15) is 19.1 Å². The highest BCUT2D eigenvalue weighted by atomic mass is 32.1. The summed E-state index contributed by atoms with van der Waals surface area (Å²) >= 11 is 0.828. The third kappa shape index (κ3) is 3.62. The molecule has 0 bridgehead atoms. The van der Waals surface area contributed by atoms with Gasteiger partial charge in [-0.1, -0.05) is 41.7 Å². The molecule has 2 aromatic carbocycles. The van der Waals surface area contributed by atoms with Gasteiger partial charge in [0.15, 0.2) is 0 Å². The van der Waals surface area contributed by atoms with Crippen LogP contribution in [0.1, 0.15) is 17.4 Å². The number of hydrogen-bond acceptors (Lipinski definition) is 5. The van der Waals surface area contributed by atoms with Crippen LogP contribution in [-0.4, -0.2) is 21.3 Å². The number of nitrogens with one attached hydrogen (secondary N) is 1. The fraction of sp³-hybridized carbons (Fsp3) is 0.0952. The summed E-state index contributed by atoms with van der Waals surface area (Å²) < 4.78 is 14.6. The van der Waals surface area contributed by atoms with Crippen molar-refractivity contribution < 1.29 is 14.3 Å². The van der Waals surface area contributed by atoms with Gasteiger partial charge in [-0.15, -0.1) is 0 Å². The molecule has 0 spiro atoms. The average Bonchev–Trinajstić information content (AvgIpc) is 3.15. The van der Waals surface area contributed by atoms with E-state index in [0.717, 1.165) is 38.4 Å². The zero-order chi connectivity index (χ0) is 20.5. The number of fused-ring (bicyclic) bond motifs is 1. The van der Waals surface area contributed by atoms with Gasteiger partial charge in [0.1, 0.15) is 12.4 Å². The maximum absolute atomic E-state index is 13.7. The molecule has 1 aliphatic rings. The molecule has 0 atom stereocenters. The van der Waals surface area contributed by atoms with Crippen LogP contribution >= 0.6 is 11.3 Å². The molecule has 29 heavy (non-hydrogen) atoms. The number of anilines is 1. The molecular formula is C21H16FN3O3S. The molecule has 0 radical (unpaired) electrons. The van der Waals surface area contributed by atoms with Gasteiger partial charge in [0.25, 0.3) is 0 Å². The van der Waals surface area contributed by atoms with Gasteiger partial charge in [-0.2, -0.15) is 0 Å². The van der Waals surface area contributed by atoms with Crippen LogP contribution in [-0.2, 0) is 11.3 Å². The molecule has 2 heterocycles. The Morgan fingerprint density at radius 2 is 1.97 bits per heavy atom. The van der Waals surface area contributed by atoms with Crippen molar-refractivity contribution in [2.24, 2.45) is 4.99 Å². The molecule has 1 aliphatic heterocycles. The topological polar surface area (TPSA) is 83.7 Å². The molecule has 1 amide bonds. The smallest absolute Gasteiger partial charge is 0.311 e. The van der Waals surface area contributed by atoms with E-state index in [2.05, 4.69) is 10.3 Å². The molecule has 0 aliphatic carbocycles. The van der Waals surface area contributed by atoms with Crippen LogP contribution in [0.4, 0.5) is 15.8 Å². The number of halogens is 1. The summed E-state index contributed by atoms with van der Waals surface area (Å²) in [6.07, 6.45) is 1.69. The van der Waals surface area contributed by atoms with Crippen LogP contribution in [0.5, 0.6) is 5.88 Å². The first-order valence-electron chi connectivity index (χ1n) is 8.78. The Morgan fingerprint density at radius 3 is 2.76 bits per heavy atom. The minimum absolute atomic E-state index is 0.0111. The Kier molecular flexibility index (Phi) is 4.85. The van der Waals surface area contributed by atoms with Crippen LogP contribution in [0.3, 0.4) is 0 Å². The average molecular weight is 409 g/mol. The number of carbonyl (C=O) groups excluding carboxylic acids is 1. The van der Waals surface area contributed by atoms with E-state index >= 15 is 0 Å². The lowest BCUT2D eigenvalue weighted by molar-refractivity contribution is -0.116. The largest absolute Gasteiger partial charge is 0.493 e. The van der Waals surface area contributed by atoms with Crippen LogP contribution in [0, 0.1) is 5.82 Å². The van der Waals surface area contributed by atoms with Crippen molar-refractivity contribution in [2.75, 3.05) is 5.32 Å². The predicted octanol–water partition coefficient (Wildman–Crippen LogP) is 4.04. The maximum atomic E-state index is 13.7. The number of allylic oxidation sites excluding steroid dienone is 1. The Hall–Kier alpha value is -3.52. The summed E-state index contributed by atoms with van der Waals surface area (Å²) in [5.41, 5.74) is 3.33. The van der Waals surface area contributed by atoms with Gasteiger partial charge in [0.05, 0.1) is 16.3 Å². The van der Waals surface area contributed by atoms with E-state index in [0.29, 0.717) is 4.88 Å². The molecule has 0 saturated carbocycles. The SMILES string of the molecule is CC1=Nc2ccccc2C1=Cc1sc(=O)n(CC(=O)Nc2ccccc2F)c1O. The fourth-order valence-corrected chi connectivity index (χ4v) is 3.92. The second-order valence-electron chi connectivity index (χ2n) is 6.44. The molecule has 0 fully saturated rings. The van der Waals surface area contributed by atoms with Crippen LogP contribution in [0.25, 0.3) is 11.6 Å². The number of aliphatic imine (C=N–C) groups is 1. The van der Waals surface area contributed by atoms with Gasteiger partial charge in [0, 0.05) is 16.8 Å². The van der Waals surface area contributed by atoms with Gasteiger partial charge in [-0.3, -0.25) is 19.1 Å². The lowest BCUT2D eigenvalue weighted by atomic mass is 10.0.